The van der Waals surface area contributed by atoms with Crippen molar-refractivity contribution in [1.82, 2.24) is 0 Å². The molecular weight excluding hydrogens is 296 g/mol. The Morgan fingerprint density at radius 1 is 0.952 bits per heavy atom. The van der Waals surface area contributed by atoms with Crippen molar-refractivity contribution in [2.75, 3.05) is 6.61 Å². The molecule has 0 N–H and O–H groups in total. The Hall–Kier alpha value is -1.25. The first-order valence-corrected chi connectivity index (χ1v) is 11.0. The second kappa shape index (κ2) is 8.25. The molecule has 0 aromatic heterocycles. The maximum Gasteiger partial charge on any atom is 0.119 e. The summed E-state index contributed by atoms with van der Waals surface area (Å²) in [6.07, 6.45) is 1.90. The van der Waals surface area contributed by atoms with Gasteiger partial charge in [0.15, 0.2) is 0 Å². The van der Waals surface area contributed by atoms with Crippen LogP contribution in [0.1, 0.15) is 17.5 Å². The number of halogens is 1. The van der Waals surface area contributed by atoms with Crippen molar-refractivity contribution in [3.05, 3.63) is 65.7 Å². The van der Waals surface area contributed by atoms with Crippen molar-refractivity contribution in [2.24, 2.45) is 0 Å². The van der Waals surface area contributed by atoms with Gasteiger partial charge in [-0.05, 0) is 36.1 Å². The summed E-state index contributed by atoms with van der Waals surface area (Å²) in [5, 5.41) is 0.322. The molecule has 0 aliphatic rings. The van der Waals surface area contributed by atoms with E-state index >= 15 is 0 Å². The topological polar surface area (TPSA) is 9.23 Å². The smallest absolute Gasteiger partial charge is 0.119 e. The molecule has 2 rings (SSSR count). The number of ether oxygens (including phenoxy) is 1. The van der Waals surface area contributed by atoms with Crippen LogP contribution in [0.2, 0.25) is 13.1 Å². The first-order chi connectivity index (χ1) is 10.1. The summed E-state index contributed by atoms with van der Waals surface area (Å²) in [7, 11) is -0.753. The lowest BCUT2D eigenvalue weighted by molar-refractivity contribution is 0.315. The second-order valence-corrected chi connectivity index (χ2v) is 9.98. The van der Waals surface area contributed by atoms with Crippen molar-refractivity contribution >= 4 is 20.4 Å². The molecule has 1 nitrogen and oxygen atoms in total. The summed E-state index contributed by atoms with van der Waals surface area (Å²) in [4.78, 5) is 0. The third kappa shape index (κ3) is 5.56. The Morgan fingerprint density at radius 3 is 2.19 bits per heavy atom. The Morgan fingerprint density at radius 2 is 1.57 bits per heavy atom. The van der Waals surface area contributed by atoms with E-state index in [2.05, 4.69) is 49.5 Å². The van der Waals surface area contributed by atoms with Gasteiger partial charge in [0.1, 0.15) is 5.75 Å². The molecule has 0 fully saturated rings. The van der Waals surface area contributed by atoms with E-state index in [9.17, 15) is 0 Å². The normalized spacial score (nSPS) is 12.4. The standard InChI is InChI=1S/C18H23ClOSi/c1-21(2)18(19)12-13-20-17-10-8-16(9-11-17)14-15-6-4-3-5-7-15/h3-11,18,21H,12-14H2,1-2H3. The molecule has 1 atom stereocenters. The van der Waals surface area contributed by atoms with Gasteiger partial charge < -0.3 is 4.74 Å². The molecule has 0 aliphatic heterocycles. The van der Waals surface area contributed by atoms with Crippen molar-refractivity contribution in [1.29, 1.82) is 0 Å². The van der Waals surface area contributed by atoms with Crippen LogP contribution in [0.4, 0.5) is 0 Å². The minimum Gasteiger partial charge on any atom is -0.494 e. The summed E-state index contributed by atoms with van der Waals surface area (Å²) >= 11 is 6.28. The van der Waals surface area contributed by atoms with Gasteiger partial charge in [-0.15, -0.1) is 11.6 Å². The van der Waals surface area contributed by atoms with Gasteiger partial charge in [0.05, 0.1) is 15.4 Å². The Balaban J connectivity index is 1.82. The van der Waals surface area contributed by atoms with Crippen LogP contribution in [-0.2, 0) is 6.42 Å². The number of rotatable bonds is 7. The van der Waals surface area contributed by atoms with Gasteiger partial charge >= 0.3 is 0 Å². The van der Waals surface area contributed by atoms with Gasteiger partial charge in [0.2, 0.25) is 0 Å². The SMILES string of the molecule is C[SiH](C)C(Cl)CCOc1ccc(Cc2ccccc2)cc1. The van der Waals surface area contributed by atoms with Crippen molar-refractivity contribution in [3.63, 3.8) is 0 Å². The number of benzene rings is 2. The average Bonchev–Trinajstić information content (AvgIpc) is 2.50. The maximum absolute atomic E-state index is 6.28. The van der Waals surface area contributed by atoms with E-state index in [0.717, 1.165) is 18.6 Å². The summed E-state index contributed by atoms with van der Waals surface area (Å²) in [6, 6.07) is 18.9. The first-order valence-electron chi connectivity index (χ1n) is 7.55. The molecule has 1 unspecified atom stereocenters. The minimum absolute atomic E-state index is 0.322. The van der Waals surface area contributed by atoms with Crippen molar-refractivity contribution in [2.45, 2.75) is 30.9 Å². The number of hydrogen-bond acceptors (Lipinski definition) is 1. The molecule has 0 spiro atoms. The first kappa shape index (κ1) is 16.1. The fourth-order valence-electron chi connectivity index (χ4n) is 2.16. The highest BCUT2D eigenvalue weighted by atomic mass is 35.5. The van der Waals surface area contributed by atoms with Crippen LogP contribution >= 0.6 is 11.6 Å². The summed E-state index contributed by atoms with van der Waals surface area (Å²) in [5.74, 6) is 0.932. The molecule has 0 amide bonds. The quantitative estimate of drug-likeness (QED) is 0.532. The van der Waals surface area contributed by atoms with Gasteiger partial charge in [-0.1, -0.05) is 55.6 Å². The molecule has 0 heterocycles. The van der Waals surface area contributed by atoms with Crippen LogP contribution in [0.3, 0.4) is 0 Å². The molecule has 2 aromatic rings. The van der Waals surface area contributed by atoms with Crippen LogP contribution in [0.25, 0.3) is 0 Å². The summed E-state index contributed by atoms with van der Waals surface area (Å²) < 4.78 is 5.77. The van der Waals surface area contributed by atoms with Crippen LogP contribution in [0.5, 0.6) is 5.75 Å². The lowest BCUT2D eigenvalue weighted by Crippen LogP contribution is -2.20. The molecule has 0 bridgehead atoms. The lowest BCUT2D eigenvalue weighted by Gasteiger charge is -2.13. The van der Waals surface area contributed by atoms with E-state index < -0.39 is 8.80 Å². The molecule has 0 saturated heterocycles. The molecule has 2 aromatic carbocycles. The highest BCUT2D eigenvalue weighted by molar-refractivity contribution is 6.67. The predicted molar refractivity (Wildman–Crippen MR) is 94.3 cm³/mol. The minimum atomic E-state index is -0.753. The van der Waals surface area contributed by atoms with Gasteiger partial charge in [-0.25, -0.2) is 0 Å². The zero-order valence-corrected chi connectivity index (χ0v) is 14.7. The molecule has 0 saturated carbocycles. The van der Waals surface area contributed by atoms with Crippen molar-refractivity contribution in [3.8, 4) is 5.75 Å². The van der Waals surface area contributed by atoms with E-state index in [1.165, 1.54) is 11.1 Å². The lowest BCUT2D eigenvalue weighted by atomic mass is 10.1. The van der Waals surface area contributed by atoms with Crippen LogP contribution < -0.4 is 4.74 Å². The largest absolute Gasteiger partial charge is 0.494 e. The van der Waals surface area contributed by atoms with E-state index in [1.807, 2.05) is 18.2 Å². The molecule has 0 radical (unpaired) electrons. The van der Waals surface area contributed by atoms with Crippen molar-refractivity contribution < 1.29 is 4.74 Å². The van der Waals surface area contributed by atoms with Crippen LogP contribution in [0.15, 0.2) is 54.6 Å². The second-order valence-electron chi connectivity index (χ2n) is 5.70. The van der Waals surface area contributed by atoms with Gasteiger partial charge in [0.25, 0.3) is 0 Å². The van der Waals surface area contributed by atoms with E-state index in [-0.39, 0.29) is 0 Å². The zero-order valence-electron chi connectivity index (χ0n) is 12.8. The molecular formula is C18H23ClOSi. The Kier molecular flexibility index (Phi) is 6.34. The molecule has 3 heteroatoms. The Bertz CT molecular complexity index is 525. The van der Waals surface area contributed by atoms with Crippen LogP contribution in [0, 0.1) is 0 Å². The molecule has 112 valence electrons. The van der Waals surface area contributed by atoms with Gasteiger partial charge in [-0.2, -0.15) is 0 Å². The fourth-order valence-corrected chi connectivity index (χ4v) is 3.05. The average molecular weight is 319 g/mol. The third-order valence-corrected chi connectivity index (χ3v) is 7.07. The van der Waals surface area contributed by atoms with Crippen LogP contribution in [-0.4, -0.2) is 20.4 Å². The molecule has 0 aliphatic carbocycles. The third-order valence-electron chi connectivity index (χ3n) is 3.56. The highest BCUT2D eigenvalue weighted by Gasteiger charge is 2.10. The maximum atomic E-state index is 6.28. The fraction of sp³-hybridized carbons (Fsp3) is 0.333. The number of alkyl halides is 1. The summed E-state index contributed by atoms with van der Waals surface area (Å²) in [6.45, 7) is 5.25. The summed E-state index contributed by atoms with van der Waals surface area (Å²) in [5.41, 5.74) is 2.64. The molecule has 21 heavy (non-hydrogen) atoms. The number of hydrogen-bond donors (Lipinski definition) is 0. The monoisotopic (exact) mass is 318 g/mol. The van der Waals surface area contributed by atoms with E-state index in [4.69, 9.17) is 16.3 Å². The Labute approximate surface area is 134 Å². The van der Waals surface area contributed by atoms with E-state index in [0.29, 0.717) is 11.6 Å². The highest BCUT2D eigenvalue weighted by Crippen LogP contribution is 2.16. The van der Waals surface area contributed by atoms with E-state index in [1.54, 1.807) is 0 Å². The van der Waals surface area contributed by atoms with Gasteiger partial charge in [-0.3, -0.25) is 0 Å². The zero-order chi connectivity index (χ0) is 15.1. The van der Waals surface area contributed by atoms with Gasteiger partial charge in [0, 0.05) is 5.00 Å². The predicted octanol–water partition coefficient (Wildman–Crippen LogP) is 4.68.